The van der Waals surface area contributed by atoms with Crippen LogP contribution in [-0.4, -0.2) is 55.1 Å². The Morgan fingerprint density at radius 2 is 1.93 bits per heavy atom. The van der Waals surface area contributed by atoms with Gasteiger partial charge in [-0.1, -0.05) is 6.07 Å². The molecule has 0 atom stereocenters. The lowest BCUT2D eigenvalue weighted by atomic mass is 10.1. The highest BCUT2D eigenvalue weighted by Gasteiger charge is 2.34. The number of esters is 1. The number of carbonyl (C=O) groups excluding carboxylic acids is 1. The molecule has 2 aromatic rings. The van der Waals surface area contributed by atoms with Gasteiger partial charge in [0, 0.05) is 38.8 Å². The Balaban J connectivity index is 1.55. The molecule has 7 nitrogen and oxygen atoms in total. The summed E-state index contributed by atoms with van der Waals surface area (Å²) in [5, 5.41) is 13.1. The number of hydrogen-bond acceptors (Lipinski definition) is 7. The van der Waals surface area contributed by atoms with Crippen LogP contribution in [0.1, 0.15) is 15.2 Å². The summed E-state index contributed by atoms with van der Waals surface area (Å²) in [6.45, 7) is 2.68. The Labute approximate surface area is 168 Å². The minimum absolute atomic E-state index is 0.173. The predicted octanol–water partition coefficient (Wildman–Crippen LogP) is 3.65. The molecule has 0 spiro atoms. The van der Waals surface area contributed by atoms with Crippen LogP contribution >= 0.6 is 11.3 Å². The monoisotopic (exact) mass is 429 g/mol. The van der Waals surface area contributed by atoms with Gasteiger partial charge in [0.2, 0.25) is 0 Å². The van der Waals surface area contributed by atoms with E-state index in [1.807, 2.05) is 4.90 Å². The van der Waals surface area contributed by atoms with Gasteiger partial charge in [-0.3, -0.25) is 15.0 Å². The smallest absolute Gasteiger partial charge is 0.416 e. The zero-order chi connectivity index (χ0) is 21.0. The molecule has 0 amide bonds. The van der Waals surface area contributed by atoms with Gasteiger partial charge in [-0.05, 0) is 23.6 Å². The Morgan fingerprint density at radius 3 is 2.52 bits per heavy atom. The summed E-state index contributed by atoms with van der Waals surface area (Å²) in [5.41, 5.74) is -1.43. The lowest BCUT2D eigenvalue weighted by Crippen LogP contribution is -2.47. The number of piperazine rings is 1. The van der Waals surface area contributed by atoms with Crippen molar-refractivity contribution in [2.75, 3.05) is 44.2 Å². The largest absolute Gasteiger partial charge is 0.460 e. The van der Waals surface area contributed by atoms with Crippen molar-refractivity contribution >= 4 is 28.7 Å². The molecule has 2 heterocycles. The van der Waals surface area contributed by atoms with Crippen molar-refractivity contribution in [1.29, 1.82) is 0 Å². The lowest BCUT2D eigenvalue weighted by Gasteiger charge is -2.35. The van der Waals surface area contributed by atoms with Gasteiger partial charge < -0.3 is 9.64 Å². The van der Waals surface area contributed by atoms with Crippen LogP contribution in [0.25, 0.3) is 0 Å². The summed E-state index contributed by atoms with van der Waals surface area (Å²) in [5.74, 6) is -0.376. The van der Waals surface area contributed by atoms with Crippen molar-refractivity contribution < 1.29 is 27.6 Å². The predicted molar refractivity (Wildman–Crippen MR) is 101 cm³/mol. The summed E-state index contributed by atoms with van der Waals surface area (Å²) in [6, 6.07) is 6.04. The molecule has 1 aliphatic heterocycles. The molecule has 3 rings (SSSR count). The van der Waals surface area contributed by atoms with E-state index >= 15 is 0 Å². The quantitative estimate of drug-likeness (QED) is 0.396. The first-order valence-electron chi connectivity index (χ1n) is 8.79. The second kappa shape index (κ2) is 8.78. The first-order valence-corrected chi connectivity index (χ1v) is 9.67. The normalized spacial score (nSPS) is 15.3. The number of anilines is 1. The molecule has 0 N–H and O–H groups in total. The first-order chi connectivity index (χ1) is 13.8. The van der Waals surface area contributed by atoms with E-state index in [-0.39, 0.29) is 18.3 Å². The molecular weight excluding hydrogens is 411 g/mol. The maximum absolute atomic E-state index is 12.8. The number of rotatable bonds is 6. The summed E-state index contributed by atoms with van der Waals surface area (Å²) in [7, 11) is 0. The molecule has 0 aliphatic carbocycles. The Bertz CT molecular complexity index is 866. The van der Waals surface area contributed by atoms with Gasteiger partial charge in [0.1, 0.15) is 17.2 Å². The van der Waals surface area contributed by atoms with E-state index in [0.29, 0.717) is 43.7 Å². The number of alkyl halides is 3. The van der Waals surface area contributed by atoms with Crippen molar-refractivity contribution in [3.63, 3.8) is 0 Å². The number of nitro groups is 1. The van der Waals surface area contributed by atoms with Crippen LogP contribution in [0, 0.1) is 10.1 Å². The molecule has 1 aromatic carbocycles. The number of nitrogens with zero attached hydrogens (tertiary/aromatic N) is 3. The molecule has 1 saturated heterocycles. The molecule has 0 saturated carbocycles. The van der Waals surface area contributed by atoms with Crippen LogP contribution in [0.15, 0.2) is 35.7 Å². The SMILES string of the molecule is O=C(OCCN1CCN(c2ccc(C(F)(F)F)cc2[N+](=O)[O-])CC1)c1cccs1. The van der Waals surface area contributed by atoms with Crippen LogP contribution in [0.4, 0.5) is 24.5 Å². The van der Waals surface area contributed by atoms with Gasteiger partial charge in [-0.25, -0.2) is 4.79 Å². The van der Waals surface area contributed by atoms with E-state index in [0.717, 1.165) is 12.1 Å². The Kier molecular flexibility index (Phi) is 6.38. The van der Waals surface area contributed by atoms with Crippen molar-refractivity contribution in [1.82, 2.24) is 4.90 Å². The highest BCUT2D eigenvalue weighted by Crippen LogP contribution is 2.36. The van der Waals surface area contributed by atoms with Gasteiger partial charge in [-0.15, -0.1) is 11.3 Å². The van der Waals surface area contributed by atoms with Gasteiger partial charge >= 0.3 is 12.1 Å². The van der Waals surface area contributed by atoms with Gasteiger partial charge in [-0.2, -0.15) is 13.2 Å². The van der Waals surface area contributed by atoms with E-state index < -0.39 is 22.4 Å². The number of benzene rings is 1. The standard InChI is InChI=1S/C18H18F3N3O4S/c19-18(20,21)13-3-4-14(15(12-13)24(26)27)23-7-5-22(6-8-23)9-10-28-17(25)16-2-1-11-29-16/h1-4,11-12H,5-10H2. The molecule has 29 heavy (non-hydrogen) atoms. The van der Waals surface area contributed by atoms with Gasteiger partial charge in [0.05, 0.1) is 10.5 Å². The minimum Gasteiger partial charge on any atom is -0.460 e. The van der Waals surface area contributed by atoms with E-state index in [2.05, 4.69) is 0 Å². The van der Waals surface area contributed by atoms with E-state index in [4.69, 9.17) is 4.74 Å². The molecule has 0 radical (unpaired) electrons. The van der Waals surface area contributed by atoms with Crippen LogP contribution < -0.4 is 4.90 Å². The van der Waals surface area contributed by atoms with Crippen LogP contribution in [-0.2, 0) is 10.9 Å². The fraction of sp³-hybridized carbons (Fsp3) is 0.389. The summed E-state index contributed by atoms with van der Waals surface area (Å²) in [4.78, 5) is 26.5. The molecule has 1 fully saturated rings. The van der Waals surface area contributed by atoms with Crippen molar-refractivity contribution in [2.24, 2.45) is 0 Å². The highest BCUT2D eigenvalue weighted by atomic mass is 32.1. The average Bonchev–Trinajstić information content (AvgIpc) is 3.22. The minimum atomic E-state index is -4.64. The third kappa shape index (κ3) is 5.24. The maximum Gasteiger partial charge on any atom is 0.416 e. The number of hydrogen-bond donors (Lipinski definition) is 0. The fourth-order valence-corrected chi connectivity index (χ4v) is 3.68. The highest BCUT2D eigenvalue weighted by molar-refractivity contribution is 7.11. The van der Waals surface area contributed by atoms with Crippen LogP contribution in [0.5, 0.6) is 0 Å². The molecule has 11 heteroatoms. The van der Waals surface area contributed by atoms with Gasteiger partial charge in [0.25, 0.3) is 5.69 Å². The second-order valence-corrected chi connectivity index (χ2v) is 7.35. The number of thiophene rings is 1. The molecule has 0 unspecified atom stereocenters. The first kappa shape index (κ1) is 21.1. The van der Waals surface area contributed by atoms with Crippen LogP contribution in [0.2, 0.25) is 0 Å². The number of carbonyl (C=O) groups is 1. The number of halogens is 3. The van der Waals surface area contributed by atoms with E-state index in [1.165, 1.54) is 11.3 Å². The lowest BCUT2D eigenvalue weighted by molar-refractivity contribution is -0.384. The topological polar surface area (TPSA) is 75.9 Å². The van der Waals surface area contributed by atoms with Crippen molar-refractivity contribution in [3.05, 3.63) is 56.3 Å². The van der Waals surface area contributed by atoms with Gasteiger partial charge in [0.15, 0.2) is 0 Å². The summed E-state index contributed by atoms with van der Waals surface area (Å²) >= 11 is 1.30. The van der Waals surface area contributed by atoms with Crippen molar-refractivity contribution in [3.8, 4) is 0 Å². The zero-order valence-corrected chi connectivity index (χ0v) is 16.0. The van der Waals surface area contributed by atoms with E-state index in [9.17, 15) is 28.1 Å². The molecule has 0 bridgehead atoms. The molecule has 1 aliphatic rings. The summed E-state index contributed by atoms with van der Waals surface area (Å²) < 4.78 is 43.7. The Morgan fingerprint density at radius 1 is 1.21 bits per heavy atom. The average molecular weight is 429 g/mol. The zero-order valence-electron chi connectivity index (χ0n) is 15.2. The van der Waals surface area contributed by atoms with Crippen molar-refractivity contribution in [2.45, 2.75) is 6.18 Å². The molecular formula is C18H18F3N3O4S. The molecule has 1 aromatic heterocycles. The van der Waals surface area contributed by atoms with Crippen LogP contribution in [0.3, 0.4) is 0 Å². The maximum atomic E-state index is 12.8. The molecule has 156 valence electrons. The second-order valence-electron chi connectivity index (χ2n) is 6.40. The third-order valence-corrected chi connectivity index (χ3v) is 5.43. The third-order valence-electron chi connectivity index (χ3n) is 4.58. The van der Waals surface area contributed by atoms with E-state index in [1.54, 1.807) is 22.4 Å². The fourth-order valence-electron chi connectivity index (χ4n) is 3.06. The number of nitro benzene ring substituents is 1. The number of ether oxygens (including phenoxy) is 1. The Hall–Kier alpha value is -2.66. The summed E-state index contributed by atoms with van der Waals surface area (Å²) in [6.07, 6.45) is -4.64.